The quantitative estimate of drug-likeness (QED) is 0.344. The highest BCUT2D eigenvalue weighted by molar-refractivity contribution is 7.13. The predicted octanol–water partition coefficient (Wildman–Crippen LogP) is 6.67. The first-order valence-corrected chi connectivity index (χ1v) is 10.7. The molecule has 0 aliphatic carbocycles. The van der Waals surface area contributed by atoms with Gasteiger partial charge in [-0.05, 0) is 42.7 Å². The molecule has 2 heterocycles. The zero-order valence-electron chi connectivity index (χ0n) is 15.8. The molecule has 148 valence electrons. The topological polar surface area (TPSA) is 52.3 Å². The lowest BCUT2D eigenvalue weighted by atomic mass is 10.1. The Kier molecular flexibility index (Phi) is 5.63. The first-order valence-electron chi connectivity index (χ1n) is 9.04. The lowest BCUT2D eigenvalue weighted by Crippen LogP contribution is -2.06. The maximum atomic E-state index is 13.0. The summed E-state index contributed by atoms with van der Waals surface area (Å²) in [5.41, 5.74) is 3.57. The Morgan fingerprint density at radius 2 is 2.00 bits per heavy atom. The van der Waals surface area contributed by atoms with Gasteiger partial charge >= 0.3 is 0 Å². The molecule has 0 radical (unpaired) electrons. The SMILES string of the molecule is CCc1cc2c(=O)c(-c3nc(C)cs3)coc2cc1OCc1ccc(Cl)c(Cl)c1. The van der Waals surface area contributed by atoms with Gasteiger partial charge in [-0.3, -0.25) is 4.79 Å². The molecule has 0 amide bonds. The highest BCUT2D eigenvalue weighted by atomic mass is 35.5. The van der Waals surface area contributed by atoms with Crippen LogP contribution >= 0.6 is 34.5 Å². The number of ether oxygens (including phenoxy) is 1. The van der Waals surface area contributed by atoms with Crippen LogP contribution in [-0.2, 0) is 13.0 Å². The molecular weight excluding hydrogens is 429 g/mol. The van der Waals surface area contributed by atoms with E-state index in [1.165, 1.54) is 17.6 Å². The van der Waals surface area contributed by atoms with Crippen molar-refractivity contribution >= 4 is 45.5 Å². The number of fused-ring (bicyclic) bond motifs is 1. The molecule has 29 heavy (non-hydrogen) atoms. The van der Waals surface area contributed by atoms with Gasteiger partial charge in [0.25, 0.3) is 0 Å². The van der Waals surface area contributed by atoms with Crippen LogP contribution in [0.4, 0.5) is 0 Å². The van der Waals surface area contributed by atoms with Crippen LogP contribution in [0.5, 0.6) is 5.75 Å². The van der Waals surface area contributed by atoms with Crippen LogP contribution in [0.3, 0.4) is 0 Å². The highest BCUT2D eigenvalue weighted by Gasteiger charge is 2.15. The Morgan fingerprint density at radius 3 is 2.69 bits per heavy atom. The monoisotopic (exact) mass is 445 g/mol. The van der Waals surface area contributed by atoms with E-state index in [-0.39, 0.29) is 5.43 Å². The second-order valence-electron chi connectivity index (χ2n) is 6.62. The molecule has 7 heteroatoms. The van der Waals surface area contributed by atoms with E-state index in [4.69, 9.17) is 32.4 Å². The first kappa shape index (κ1) is 20.0. The van der Waals surface area contributed by atoms with Crippen molar-refractivity contribution in [1.29, 1.82) is 0 Å². The van der Waals surface area contributed by atoms with Crippen molar-refractivity contribution < 1.29 is 9.15 Å². The lowest BCUT2D eigenvalue weighted by Gasteiger charge is -2.12. The van der Waals surface area contributed by atoms with Crippen LogP contribution in [-0.4, -0.2) is 4.98 Å². The molecule has 0 saturated heterocycles. The van der Waals surface area contributed by atoms with E-state index in [1.54, 1.807) is 18.2 Å². The fourth-order valence-electron chi connectivity index (χ4n) is 3.03. The molecule has 0 bridgehead atoms. The summed E-state index contributed by atoms with van der Waals surface area (Å²) in [5, 5.41) is 4.09. The van der Waals surface area contributed by atoms with Crippen LogP contribution in [0.2, 0.25) is 10.0 Å². The van der Waals surface area contributed by atoms with Crippen molar-refractivity contribution in [2.24, 2.45) is 0 Å². The van der Waals surface area contributed by atoms with Crippen LogP contribution < -0.4 is 10.2 Å². The second kappa shape index (κ2) is 8.19. The number of rotatable bonds is 5. The molecule has 0 spiro atoms. The van der Waals surface area contributed by atoms with E-state index in [2.05, 4.69) is 4.98 Å². The Bertz CT molecular complexity index is 1260. The molecule has 2 aromatic heterocycles. The third-order valence-corrected chi connectivity index (χ3v) is 6.30. The van der Waals surface area contributed by atoms with Crippen molar-refractivity contribution in [2.45, 2.75) is 26.9 Å². The molecular formula is C22H17Cl2NO3S. The predicted molar refractivity (Wildman–Crippen MR) is 119 cm³/mol. The molecule has 0 N–H and O–H groups in total. The van der Waals surface area contributed by atoms with Gasteiger partial charge in [0.05, 0.1) is 21.0 Å². The molecule has 4 nitrogen and oxygen atoms in total. The summed E-state index contributed by atoms with van der Waals surface area (Å²) in [4.78, 5) is 17.4. The van der Waals surface area contributed by atoms with E-state index in [9.17, 15) is 4.79 Å². The maximum absolute atomic E-state index is 13.0. The average Bonchev–Trinajstić information content (AvgIpc) is 3.14. The van der Waals surface area contributed by atoms with Crippen LogP contribution in [0.25, 0.3) is 21.5 Å². The summed E-state index contributed by atoms with van der Waals surface area (Å²) in [6.07, 6.45) is 2.18. The molecule has 0 aliphatic rings. The van der Waals surface area contributed by atoms with Crippen LogP contribution in [0.1, 0.15) is 23.7 Å². The Balaban J connectivity index is 1.70. The molecule has 0 aliphatic heterocycles. The normalized spacial score (nSPS) is 11.2. The van der Waals surface area contributed by atoms with Gasteiger partial charge in [-0.25, -0.2) is 4.98 Å². The summed E-state index contributed by atoms with van der Waals surface area (Å²) in [5.74, 6) is 0.673. The van der Waals surface area contributed by atoms with Crippen molar-refractivity contribution in [3.05, 3.63) is 79.1 Å². The minimum absolute atomic E-state index is 0.0914. The molecule has 0 atom stereocenters. The zero-order valence-corrected chi connectivity index (χ0v) is 18.1. The lowest BCUT2D eigenvalue weighted by molar-refractivity contribution is 0.303. The third kappa shape index (κ3) is 4.04. The number of benzene rings is 2. The molecule has 4 aromatic rings. The molecule has 0 unspecified atom stereocenters. The Labute approximate surface area is 181 Å². The largest absolute Gasteiger partial charge is 0.488 e. The first-order chi connectivity index (χ1) is 14.0. The van der Waals surface area contributed by atoms with E-state index in [0.29, 0.717) is 50.4 Å². The minimum atomic E-state index is -0.0914. The fraction of sp³-hybridized carbons (Fsp3) is 0.182. The summed E-state index contributed by atoms with van der Waals surface area (Å²) < 4.78 is 11.8. The molecule has 0 saturated carbocycles. The number of hydrogen-bond acceptors (Lipinski definition) is 5. The van der Waals surface area contributed by atoms with E-state index >= 15 is 0 Å². The summed E-state index contributed by atoms with van der Waals surface area (Å²) >= 11 is 13.5. The van der Waals surface area contributed by atoms with Gasteiger partial charge in [0.15, 0.2) is 0 Å². The number of nitrogens with zero attached hydrogens (tertiary/aromatic N) is 1. The smallest absolute Gasteiger partial charge is 0.202 e. The van der Waals surface area contributed by atoms with Gasteiger partial charge in [0, 0.05) is 17.1 Å². The number of halogens is 2. The zero-order chi connectivity index (χ0) is 20.5. The molecule has 0 fully saturated rings. The number of aryl methyl sites for hydroxylation is 2. The van der Waals surface area contributed by atoms with Crippen molar-refractivity contribution in [1.82, 2.24) is 4.98 Å². The van der Waals surface area contributed by atoms with Gasteiger partial charge in [-0.15, -0.1) is 11.3 Å². The van der Waals surface area contributed by atoms with E-state index in [0.717, 1.165) is 16.8 Å². The van der Waals surface area contributed by atoms with E-state index < -0.39 is 0 Å². The second-order valence-corrected chi connectivity index (χ2v) is 8.29. The van der Waals surface area contributed by atoms with Crippen LogP contribution in [0, 0.1) is 6.92 Å². The summed E-state index contributed by atoms with van der Waals surface area (Å²) in [7, 11) is 0. The van der Waals surface area contributed by atoms with Crippen molar-refractivity contribution in [2.75, 3.05) is 0 Å². The number of thiazole rings is 1. The van der Waals surface area contributed by atoms with Gasteiger partial charge in [-0.1, -0.05) is 36.2 Å². The summed E-state index contributed by atoms with van der Waals surface area (Å²) in [6, 6.07) is 8.99. The van der Waals surface area contributed by atoms with E-state index in [1.807, 2.05) is 31.4 Å². The molecule has 4 rings (SSSR count). The maximum Gasteiger partial charge on any atom is 0.202 e. The van der Waals surface area contributed by atoms with Crippen LogP contribution in [0.15, 0.2) is 51.2 Å². The summed E-state index contributed by atoms with van der Waals surface area (Å²) in [6.45, 7) is 4.24. The third-order valence-electron chi connectivity index (χ3n) is 4.56. The highest BCUT2D eigenvalue weighted by Crippen LogP contribution is 2.29. The number of hydrogen-bond donors (Lipinski definition) is 0. The Hall–Kier alpha value is -2.34. The molecule has 2 aromatic carbocycles. The standard InChI is InChI=1S/C22H17Cl2NO3S/c1-3-14-7-15-20(28-10-16(21(15)26)22-25-12(2)11-29-22)8-19(14)27-9-13-4-5-17(23)18(24)6-13/h4-8,10-11H,3,9H2,1-2H3. The van der Waals surface area contributed by atoms with Gasteiger partial charge in [-0.2, -0.15) is 0 Å². The number of aromatic nitrogens is 1. The van der Waals surface area contributed by atoms with Crippen molar-refractivity contribution in [3.63, 3.8) is 0 Å². The van der Waals surface area contributed by atoms with Crippen molar-refractivity contribution in [3.8, 4) is 16.3 Å². The average molecular weight is 446 g/mol. The van der Waals surface area contributed by atoms with Gasteiger partial charge in [0.1, 0.15) is 29.2 Å². The van der Waals surface area contributed by atoms with Gasteiger partial charge < -0.3 is 9.15 Å². The van der Waals surface area contributed by atoms with Gasteiger partial charge in [0.2, 0.25) is 5.43 Å². The minimum Gasteiger partial charge on any atom is -0.488 e. The fourth-order valence-corrected chi connectivity index (χ4v) is 4.15. The Morgan fingerprint density at radius 1 is 1.17 bits per heavy atom.